The summed E-state index contributed by atoms with van der Waals surface area (Å²) in [5.74, 6) is -0.394. The summed E-state index contributed by atoms with van der Waals surface area (Å²) in [5.41, 5.74) is 1.34. The van der Waals surface area contributed by atoms with E-state index in [4.69, 9.17) is 16.0 Å². The Bertz CT molecular complexity index is 549. The summed E-state index contributed by atoms with van der Waals surface area (Å²) in [5, 5.41) is 4.15. The number of hydrogen-bond acceptors (Lipinski definition) is 3. The highest BCUT2D eigenvalue weighted by Crippen LogP contribution is 2.37. The first-order valence-electron chi connectivity index (χ1n) is 5.58. The summed E-state index contributed by atoms with van der Waals surface area (Å²) in [4.78, 5) is 2.06. The van der Waals surface area contributed by atoms with Crippen LogP contribution in [0.2, 0.25) is 5.02 Å². The normalized spacial score (nSPS) is 16.7. The van der Waals surface area contributed by atoms with E-state index in [2.05, 4.69) is 10.2 Å². The third kappa shape index (κ3) is 1.77. The van der Waals surface area contributed by atoms with E-state index < -0.39 is 5.82 Å². The number of benzene rings is 1. The monoisotopic (exact) mass is 254 g/mol. The van der Waals surface area contributed by atoms with Gasteiger partial charge in [-0.05, 0) is 12.1 Å². The molecule has 1 aromatic carbocycles. The van der Waals surface area contributed by atoms with Crippen LogP contribution >= 0.6 is 11.6 Å². The van der Waals surface area contributed by atoms with Crippen molar-refractivity contribution in [2.24, 2.45) is 0 Å². The predicted molar refractivity (Wildman–Crippen MR) is 66.3 cm³/mol. The maximum atomic E-state index is 13.7. The lowest BCUT2D eigenvalue weighted by Crippen LogP contribution is -2.43. The first-order valence-corrected chi connectivity index (χ1v) is 5.96. The topological polar surface area (TPSA) is 28.4 Å². The van der Waals surface area contributed by atoms with Gasteiger partial charge < -0.3 is 14.6 Å². The Balaban J connectivity index is 2.18. The van der Waals surface area contributed by atoms with Crippen molar-refractivity contribution in [1.82, 2.24) is 5.32 Å². The fourth-order valence-corrected chi connectivity index (χ4v) is 2.47. The van der Waals surface area contributed by atoms with E-state index in [9.17, 15) is 4.39 Å². The lowest BCUT2D eigenvalue weighted by molar-refractivity contribution is 0.574. The van der Waals surface area contributed by atoms with E-state index in [1.165, 1.54) is 6.07 Å². The molecule has 0 amide bonds. The van der Waals surface area contributed by atoms with Crippen LogP contribution in [-0.2, 0) is 0 Å². The fraction of sp³-hybridized carbons (Fsp3) is 0.333. The van der Waals surface area contributed by atoms with Gasteiger partial charge in [-0.25, -0.2) is 4.39 Å². The van der Waals surface area contributed by atoms with E-state index >= 15 is 0 Å². The lowest BCUT2D eigenvalue weighted by atomic mass is 10.2. The maximum absolute atomic E-state index is 13.7. The molecule has 1 fully saturated rings. The molecule has 1 aliphatic heterocycles. The van der Waals surface area contributed by atoms with Gasteiger partial charge in [0.2, 0.25) is 0 Å². The molecular formula is C12H12ClFN2O. The van der Waals surface area contributed by atoms with E-state index in [1.54, 1.807) is 12.3 Å². The molecule has 17 heavy (non-hydrogen) atoms. The quantitative estimate of drug-likeness (QED) is 0.848. The van der Waals surface area contributed by atoms with E-state index in [-0.39, 0.29) is 5.02 Å². The largest absolute Gasteiger partial charge is 0.462 e. The van der Waals surface area contributed by atoms with Crippen molar-refractivity contribution >= 4 is 28.3 Å². The van der Waals surface area contributed by atoms with Crippen molar-refractivity contribution in [2.75, 3.05) is 31.1 Å². The summed E-state index contributed by atoms with van der Waals surface area (Å²) in [6, 6.07) is 3.16. The number of rotatable bonds is 1. The van der Waals surface area contributed by atoms with Crippen LogP contribution in [0.25, 0.3) is 11.0 Å². The standard InChI is InChI=1S/C12H12ClFN2O/c13-10-9(14)7-8-1-6-17-12(8)11(10)16-4-2-15-3-5-16/h1,6-7,15H,2-5H2. The molecule has 1 N–H and O–H groups in total. The fourth-order valence-electron chi connectivity index (χ4n) is 2.21. The number of hydrogen-bond donors (Lipinski definition) is 1. The Hall–Kier alpha value is -1.26. The zero-order chi connectivity index (χ0) is 11.8. The van der Waals surface area contributed by atoms with Gasteiger partial charge >= 0.3 is 0 Å². The van der Waals surface area contributed by atoms with Crippen LogP contribution in [0.15, 0.2) is 22.8 Å². The SMILES string of the molecule is Fc1cc2ccoc2c(N2CCNCC2)c1Cl. The van der Waals surface area contributed by atoms with E-state index in [1.807, 2.05) is 0 Å². The molecule has 0 radical (unpaired) electrons. The maximum Gasteiger partial charge on any atom is 0.158 e. The zero-order valence-corrected chi connectivity index (χ0v) is 9.93. The van der Waals surface area contributed by atoms with Crippen LogP contribution < -0.4 is 10.2 Å². The van der Waals surface area contributed by atoms with Crippen molar-refractivity contribution in [3.8, 4) is 0 Å². The van der Waals surface area contributed by atoms with Gasteiger partial charge in [-0.15, -0.1) is 0 Å². The molecule has 0 bridgehead atoms. The average Bonchev–Trinajstić information content (AvgIpc) is 2.79. The highest BCUT2D eigenvalue weighted by atomic mass is 35.5. The van der Waals surface area contributed by atoms with Crippen LogP contribution in [0.1, 0.15) is 0 Å². The number of piperazine rings is 1. The smallest absolute Gasteiger partial charge is 0.158 e. The van der Waals surface area contributed by atoms with Crippen LogP contribution in [0.4, 0.5) is 10.1 Å². The summed E-state index contributed by atoms with van der Waals surface area (Å²) in [6.45, 7) is 3.35. The van der Waals surface area contributed by atoms with E-state index in [0.29, 0.717) is 11.3 Å². The highest BCUT2D eigenvalue weighted by Gasteiger charge is 2.21. The molecule has 0 unspecified atom stereocenters. The number of anilines is 1. The number of nitrogens with one attached hydrogen (secondary N) is 1. The first-order chi connectivity index (χ1) is 8.27. The average molecular weight is 255 g/mol. The van der Waals surface area contributed by atoms with Gasteiger partial charge in [0.15, 0.2) is 5.58 Å². The Morgan fingerprint density at radius 3 is 2.88 bits per heavy atom. The highest BCUT2D eigenvalue weighted by molar-refractivity contribution is 6.34. The van der Waals surface area contributed by atoms with Gasteiger partial charge in [-0.3, -0.25) is 0 Å². The number of fused-ring (bicyclic) bond motifs is 1. The molecule has 90 valence electrons. The Kier molecular flexibility index (Phi) is 2.68. The third-order valence-corrected chi connectivity index (χ3v) is 3.40. The zero-order valence-electron chi connectivity index (χ0n) is 9.17. The molecular weight excluding hydrogens is 243 g/mol. The van der Waals surface area contributed by atoms with Crippen LogP contribution in [0, 0.1) is 5.82 Å². The van der Waals surface area contributed by atoms with Crippen molar-refractivity contribution in [3.63, 3.8) is 0 Å². The molecule has 5 heteroatoms. The van der Waals surface area contributed by atoms with Gasteiger partial charge in [0.25, 0.3) is 0 Å². The molecule has 1 aliphatic rings. The molecule has 0 aliphatic carbocycles. The van der Waals surface area contributed by atoms with E-state index in [0.717, 1.165) is 31.6 Å². The molecule has 1 aromatic heterocycles. The summed E-state index contributed by atoms with van der Waals surface area (Å²) in [6.07, 6.45) is 1.56. The number of halogens is 2. The van der Waals surface area contributed by atoms with Crippen molar-refractivity contribution in [3.05, 3.63) is 29.2 Å². The second-order valence-corrected chi connectivity index (χ2v) is 4.47. The Morgan fingerprint density at radius 1 is 1.35 bits per heavy atom. The van der Waals surface area contributed by atoms with Crippen LogP contribution in [-0.4, -0.2) is 26.2 Å². The minimum Gasteiger partial charge on any atom is -0.462 e. The van der Waals surface area contributed by atoms with Gasteiger partial charge in [0, 0.05) is 31.6 Å². The molecule has 3 nitrogen and oxygen atoms in total. The number of furan rings is 1. The molecule has 1 saturated heterocycles. The molecule has 3 rings (SSSR count). The molecule has 0 saturated carbocycles. The van der Waals surface area contributed by atoms with Gasteiger partial charge in [-0.2, -0.15) is 0 Å². The second-order valence-electron chi connectivity index (χ2n) is 4.10. The minimum atomic E-state index is -0.394. The Morgan fingerprint density at radius 2 is 2.12 bits per heavy atom. The lowest BCUT2D eigenvalue weighted by Gasteiger charge is -2.30. The van der Waals surface area contributed by atoms with Crippen molar-refractivity contribution in [2.45, 2.75) is 0 Å². The number of nitrogens with zero attached hydrogens (tertiary/aromatic N) is 1. The van der Waals surface area contributed by atoms with Gasteiger partial charge in [-0.1, -0.05) is 11.6 Å². The Labute approximate surface area is 103 Å². The molecule has 0 atom stereocenters. The van der Waals surface area contributed by atoms with Gasteiger partial charge in [0.05, 0.1) is 6.26 Å². The van der Waals surface area contributed by atoms with Crippen LogP contribution in [0.5, 0.6) is 0 Å². The van der Waals surface area contributed by atoms with Crippen molar-refractivity contribution in [1.29, 1.82) is 0 Å². The molecule has 2 heterocycles. The second kappa shape index (κ2) is 4.20. The summed E-state index contributed by atoms with van der Waals surface area (Å²) < 4.78 is 19.2. The first kappa shape index (κ1) is 10.9. The molecule has 2 aromatic rings. The summed E-state index contributed by atoms with van der Waals surface area (Å²) in [7, 11) is 0. The third-order valence-electron chi connectivity index (χ3n) is 3.04. The predicted octanol–water partition coefficient (Wildman–Crippen LogP) is 2.63. The van der Waals surface area contributed by atoms with Crippen molar-refractivity contribution < 1.29 is 8.81 Å². The van der Waals surface area contributed by atoms with Gasteiger partial charge in [0.1, 0.15) is 16.5 Å². The van der Waals surface area contributed by atoms with Crippen LogP contribution in [0.3, 0.4) is 0 Å². The summed E-state index contributed by atoms with van der Waals surface area (Å²) >= 11 is 6.07. The molecule has 0 spiro atoms. The minimum absolute atomic E-state index is 0.148.